The molecular formula is C18H13NO2. The van der Waals surface area contributed by atoms with Crippen molar-refractivity contribution in [3.05, 3.63) is 54.1 Å². The molecule has 3 nitrogen and oxygen atoms in total. The smallest absolute Gasteiger partial charge is 0.168 e. The van der Waals surface area contributed by atoms with Crippen LogP contribution in [0.4, 0.5) is 0 Å². The van der Waals surface area contributed by atoms with Crippen LogP contribution in [0.1, 0.15) is 5.56 Å². The molecule has 0 aliphatic carbocycles. The SMILES string of the molecule is Cc1c2ccccc2nc2c1c(O)c(O)c1ccccc12. The van der Waals surface area contributed by atoms with Gasteiger partial charge in [0.05, 0.1) is 16.4 Å². The zero-order chi connectivity index (χ0) is 14.6. The van der Waals surface area contributed by atoms with Crippen molar-refractivity contribution in [1.82, 2.24) is 4.98 Å². The number of phenolic OH excluding ortho intramolecular Hbond substituents is 2. The molecule has 102 valence electrons. The topological polar surface area (TPSA) is 53.4 Å². The molecule has 4 aromatic rings. The van der Waals surface area contributed by atoms with Crippen LogP contribution < -0.4 is 0 Å². The number of aromatic hydroxyl groups is 2. The standard InChI is InChI=1S/C18H13NO2/c1-10-11-6-4-5-9-14(11)19-16-12-7-2-3-8-13(12)17(20)18(21)15(10)16/h2-9,20-21H,1H3. The van der Waals surface area contributed by atoms with Crippen molar-refractivity contribution in [2.75, 3.05) is 0 Å². The quantitative estimate of drug-likeness (QED) is 0.286. The lowest BCUT2D eigenvalue weighted by atomic mass is 9.98. The van der Waals surface area contributed by atoms with Gasteiger partial charge in [0.15, 0.2) is 11.5 Å². The van der Waals surface area contributed by atoms with Gasteiger partial charge < -0.3 is 10.2 Å². The molecule has 3 heteroatoms. The van der Waals surface area contributed by atoms with Crippen LogP contribution in [-0.4, -0.2) is 15.2 Å². The molecule has 0 amide bonds. The molecule has 0 spiro atoms. The number of phenols is 2. The van der Waals surface area contributed by atoms with E-state index in [-0.39, 0.29) is 11.5 Å². The lowest BCUT2D eigenvalue weighted by Crippen LogP contribution is -1.90. The number of aryl methyl sites for hydroxylation is 1. The highest BCUT2D eigenvalue weighted by Gasteiger charge is 2.17. The summed E-state index contributed by atoms with van der Waals surface area (Å²) in [5, 5.41) is 23.7. The van der Waals surface area contributed by atoms with Gasteiger partial charge in [-0.2, -0.15) is 0 Å². The second-order valence-electron chi connectivity index (χ2n) is 5.22. The lowest BCUT2D eigenvalue weighted by Gasteiger charge is -2.12. The van der Waals surface area contributed by atoms with E-state index in [1.54, 1.807) is 6.07 Å². The second-order valence-corrected chi connectivity index (χ2v) is 5.22. The third kappa shape index (κ3) is 1.51. The van der Waals surface area contributed by atoms with Gasteiger partial charge in [-0.15, -0.1) is 0 Å². The van der Waals surface area contributed by atoms with Crippen molar-refractivity contribution in [2.45, 2.75) is 6.92 Å². The minimum absolute atomic E-state index is 0.0849. The first kappa shape index (κ1) is 12.0. The van der Waals surface area contributed by atoms with E-state index in [1.807, 2.05) is 49.4 Å². The van der Waals surface area contributed by atoms with Crippen LogP contribution in [0.5, 0.6) is 11.5 Å². The molecule has 0 saturated heterocycles. The highest BCUT2D eigenvalue weighted by molar-refractivity contribution is 6.15. The number of benzene rings is 3. The average Bonchev–Trinajstić information content (AvgIpc) is 2.52. The summed E-state index contributed by atoms with van der Waals surface area (Å²) in [5.74, 6) is -0.183. The Balaban J connectivity index is 2.39. The van der Waals surface area contributed by atoms with Gasteiger partial charge in [-0.1, -0.05) is 42.5 Å². The normalized spacial score (nSPS) is 11.5. The van der Waals surface area contributed by atoms with E-state index >= 15 is 0 Å². The molecule has 1 heterocycles. The number of hydrogen-bond acceptors (Lipinski definition) is 3. The summed E-state index contributed by atoms with van der Waals surface area (Å²) in [5.41, 5.74) is 2.53. The molecule has 21 heavy (non-hydrogen) atoms. The summed E-state index contributed by atoms with van der Waals surface area (Å²) < 4.78 is 0. The zero-order valence-corrected chi connectivity index (χ0v) is 11.5. The Hall–Kier alpha value is -2.81. The Morgan fingerprint density at radius 3 is 2.14 bits per heavy atom. The van der Waals surface area contributed by atoms with Crippen molar-refractivity contribution in [1.29, 1.82) is 0 Å². The molecule has 0 saturated carbocycles. The van der Waals surface area contributed by atoms with Gasteiger partial charge >= 0.3 is 0 Å². The van der Waals surface area contributed by atoms with E-state index in [4.69, 9.17) is 4.98 Å². The Morgan fingerprint density at radius 1 is 0.762 bits per heavy atom. The summed E-state index contributed by atoms with van der Waals surface area (Å²) in [6.45, 7) is 1.94. The summed E-state index contributed by atoms with van der Waals surface area (Å²) in [6.07, 6.45) is 0. The Morgan fingerprint density at radius 2 is 1.38 bits per heavy atom. The van der Waals surface area contributed by atoms with Crippen LogP contribution in [0.25, 0.3) is 32.6 Å². The third-order valence-electron chi connectivity index (χ3n) is 4.05. The maximum absolute atomic E-state index is 10.4. The number of fused-ring (bicyclic) bond motifs is 4. The average molecular weight is 275 g/mol. The fourth-order valence-electron chi connectivity index (χ4n) is 3.00. The van der Waals surface area contributed by atoms with Crippen LogP contribution >= 0.6 is 0 Å². The van der Waals surface area contributed by atoms with E-state index in [1.165, 1.54) is 0 Å². The molecular weight excluding hydrogens is 262 g/mol. The number of hydrogen-bond donors (Lipinski definition) is 2. The highest BCUT2D eigenvalue weighted by atomic mass is 16.3. The summed E-state index contributed by atoms with van der Waals surface area (Å²) in [6, 6.07) is 15.3. The highest BCUT2D eigenvalue weighted by Crippen LogP contribution is 2.43. The largest absolute Gasteiger partial charge is 0.504 e. The number of para-hydroxylation sites is 1. The predicted octanol–water partition coefficient (Wildman–Crippen LogP) is 4.26. The van der Waals surface area contributed by atoms with Gasteiger partial charge in [0.2, 0.25) is 0 Å². The van der Waals surface area contributed by atoms with Gasteiger partial charge in [0.25, 0.3) is 0 Å². The van der Waals surface area contributed by atoms with Gasteiger partial charge in [0.1, 0.15) is 0 Å². The Labute approximate surface area is 121 Å². The molecule has 0 aliphatic heterocycles. The van der Waals surface area contributed by atoms with Crippen molar-refractivity contribution < 1.29 is 10.2 Å². The number of rotatable bonds is 0. The van der Waals surface area contributed by atoms with E-state index in [0.717, 1.165) is 27.4 Å². The van der Waals surface area contributed by atoms with Crippen LogP contribution in [-0.2, 0) is 0 Å². The molecule has 0 fully saturated rings. The number of aromatic nitrogens is 1. The molecule has 3 aromatic carbocycles. The fourth-order valence-corrected chi connectivity index (χ4v) is 3.00. The monoisotopic (exact) mass is 275 g/mol. The molecule has 0 atom stereocenters. The van der Waals surface area contributed by atoms with Crippen molar-refractivity contribution >= 4 is 32.6 Å². The first-order valence-electron chi connectivity index (χ1n) is 6.80. The zero-order valence-electron chi connectivity index (χ0n) is 11.5. The maximum atomic E-state index is 10.4. The van der Waals surface area contributed by atoms with E-state index < -0.39 is 0 Å². The van der Waals surface area contributed by atoms with Crippen molar-refractivity contribution in [2.24, 2.45) is 0 Å². The summed E-state index contributed by atoms with van der Waals surface area (Å²) in [4.78, 5) is 4.70. The molecule has 4 rings (SSSR count). The van der Waals surface area contributed by atoms with E-state index in [2.05, 4.69) is 0 Å². The summed E-state index contributed by atoms with van der Waals surface area (Å²) >= 11 is 0. The molecule has 0 aliphatic rings. The minimum Gasteiger partial charge on any atom is -0.504 e. The predicted molar refractivity (Wildman–Crippen MR) is 84.8 cm³/mol. The van der Waals surface area contributed by atoms with Crippen LogP contribution in [0.2, 0.25) is 0 Å². The first-order chi connectivity index (χ1) is 10.2. The molecule has 0 unspecified atom stereocenters. The minimum atomic E-state index is -0.0977. The van der Waals surface area contributed by atoms with Crippen LogP contribution in [0.3, 0.4) is 0 Å². The number of pyridine rings is 1. The second kappa shape index (κ2) is 4.09. The number of nitrogens with zero attached hydrogens (tertiary/aromatic N) is 1. The lowest BCUT2D eigenvalue weighted by molar-refractivity contribution is 0.412. The maximum Gasteiger partial charge on any atom is 0.168 e. The van der Waals surface area contributed by atoms with Gasteiger partial charge in [-0.3, -0.25) is 0 Å². The van der Waals surface area contributed by atoms with Gasteiger partial charge in [-0.25, -0.2) is 4.98 Å². The van der Waals surface area contributed by atoms with Crippen molar-refractivity contribution in [3.8, 4) is 11.5 Å². The van der Waals surface area contributed by atoms with E-state index in [0.29, 0.717) is 10.8 Å². The van der Waals surface area contributed by atoms with Gasteiger partial charge in [-0.05, 0) is 18.6 Å². The molecule has 1 aromatic heterocycles. The third-order valence-corrected chi connectivity index (χ3v) is 4.05. The van der Waals surface area contributed by atoms with E-state index in [9.17, 15) is 10.2 Å². The Kier molecular flexibility index (Phi) is 2.33. The van der Waals surface area contributed by atoms with Crippen LogP contribution in [0, 0.1) is 6.92 Å². The Bertz CT molecular complexity index is 1020. The van der Waals surface area contributed by atoms with Crippen LogP contribution in [0.15, 0.2) is 48.5 Å². The van der Waals surface area contributed by atoms with Gasteiger partial charge in [0, 0.05) is 16.2 Å². The molecule has 0 bridgehead atoms. The first-order valence-corrected chi connectivity index (χ1v) is 6.80. The molecule has 0 radical (unpaired) electrons. The van der Waals surface area contributed by atoms with Crippen molar-refractivity contribution in [3.63, 3.8) is 0 Å². The summed E-state index contributed by atoms with van der Waals surface area (Å²) in [7, 11) is 0. The molecule has 2 N–H and O–H groups in total. The fraction of sp³-hybridized carbons (Fsp3) is 0.0556.